The number of unbranched alkanes of at least 4 members (excludes halogenated alkanes) is 14. The van der Waals surface area contributed by atoms with E-state index in [0.717, 1.165) is 38.5 Å². The van der Waals surface area contributed by atoms with Gasteiger partial charge in [-0.3, -0.25) is 14.4 Å². The number of methoxy groups -OCH3 is 1. The van der Waals surface area contributed by atoms with Crippen molar-refractivity contribution in [3.05, 3.63) is 0 Å². The monoisotopic (exact) mass is 540 g/mol. The lowest BCUT2D eigenvalue weighted by Crippen LogP contribution is -2.37. The first-order valence-corrected chi connectivity index (χ1v) is 15.4. The Kier molecular flexibility index (Phi) is 21.0. The van der Waals surface area contributed by atoms with Crippen molar-refractivity contribution in [3.8, 4) is 0 Å². The second-order valence-electron chi connectivity index (χ2n) is 10.8. The van der Waals surface area contributed by atoms with E-state index in [1.807, 2.05) is 0 Å². The lowest BCUT2D eigenvalue weighted by atomic mass is 10.0. The Bertz CT molecular complexity index is 630. The second-order valence-corrected chi connectivity index (χ2v) is 10.8. The van der Waals surface area contributed by atoms with Crippen molar-refractivity contribution in [1.82, 2.24) is 10.2 Å². The SMILES string of the molecule is CCCCCCCCCCCCCCCC(=O)OCC(=O)NCCCCCC(=O)N1C[C@H](OC)C[C@H]1CO. The Morgan fingerprint density at radius 1 is 0.816 bits per heavy atom. The number of carbonyl (C=O) groups excluding carboxylic acids is 3. The minimum absolute atomic E-state index is 0.00483. The quantitative estimate of drug-likeness (QED) is 0.127. The molecule has 0 spiro atoms. The maximum atomic E-state index is 12.4. The number of aliphatic hydroxyl groups is 1. The molecule has 0 unspecified atom stereocenters. The first-order valence-electron chi connectivity index (χ1n) is 15.4. The number of hydrogen-bond acceptors (Lipinski definition) is 6. The average Bonchev–Trinajstić information content (AvgIpc) is 3.35. The molecule has 0 aromatic carbocycles. The van der Waals surface area contributed by atoms with Crippen LogP contribution < -0.4 is 5.32 Å². The number of nitrogens with zero attached hydrogens (tertiary/aromatic N) is 1. The lowest BCUT2D eigenvalue weighted by molar-refractivity contribution is -0.148. The summed E-state index contributed by atoms with van der Waals surface area (Å²) in [5.74, 6) is -0.545. The summed E-state index contributed by atoms with van der Waals surface area (Å²) >= 11 is 0. The minimum Gasteiger partial charge on any atom is -0.456 e. The van der Waals surface area contributed by atoms with Crippen LogP contribution in [0.25, 0.3) is 0 Å². The van der Waals surface area contributed by atoms with Crippen LogP contribution in [0.15, 0.2) is 0 Å². The van der Waals surface area contributed by atoms with Crippen molar-refractivity contribution in [2.45, 2.75) is 141 Å². The molecule has 1 heterocycles. The summed E-state index contributed by atoms with van der Waals surface area (Å²) in [6, 6.07) is -0.154. The van der Waals surface area contributed by atoms with E-state index in [1.165, 1.54) is 64.2 Å². The normalized spacial score (nSPS) is 17.1. The van der Waals surface area contributed by atoms with Crippen LogP contribution >= 0.6 is 0 Å². The van der Waals surface area contributed by atoms with E-state index in [2.05, 4.69) is 12.2 Å². The lowest BCUT2D eigenvalue weighted by Gasteiger charge is -2.22. The molecule has 2 amide bonds. The molecule has 0 saturated carbocycles. The number of esters is 1. The zero-order valence-electron chi connectivity index (χ0n) is 24.4. The van der Waals surface area contributed by atoms with Gasteiger partial charge in [-0.1, -0.05) is 90.4 Å². The van der Waals surface area contributed by atoms with Gasteiger partial charge >= 0.3 is 5.97 Å². The van der Waals surface area contributed by atoms with Crippen LogP contribution in [0.2, 0.25) is 0 Å². The van der Waals surface area contributed by atoms with Gasteiger partial charge in [0.15, 0.2) is 6.61 Å². The molecule has 0 aromatic heterocycles. The molecule has 0 bridgehead atoms. The highest BCUT2D eigenvalue weighted by Gasteiger charge is 2.34. The standard InChI is InChI=1S/C30H56N2O6/c1-3-4-5-6-7-8-9-10-11-12-13-14-17-20-30(36)38-25-28(34)31-21-18-15-16-19-29(35)32-23-27(37-2)22-26(32)24-33/h26-27,33H,3-25H2,1-2H3,(H,31,34)/t26-,27+/m0/s1. The molecular formula is C30H56N2O6. The molecule has 1 aliphatic heterocycles. The molecule has 2 N–H and O–H groups in total. The summed E-state index contributed by atoms with van der Waals surface area (Å²) in [4.78, 5) is 37.9. The first kappa shape index (κ1) is 34.4. The molecule has 1 rings (SSSR count). The number of aliphatic hydroxyl groups excluding tert-OH is 1. The summed E-state index contributed by atoms with van der Waals surface area (Å²) in [6.07, 6.45) is 20.2. The minimum atomic E-state index is -0.305. The number of hydrogen-bond donors (Lipinski definition) is 2. The van der Waals surface area contributed by atoms with E-state index >= 15 is 0 Å². The molecule has 0 radical (unpaired) electrons. The smallest absolute Gasteiger partial charge is 0.306 e. The fourth-order valence-electron chi connectivity index (χ4n) is 5.03. The van der Waals surface area contributed by atoms with Crippen LogP contribution in [0.3, 0.4) is 0 Å². The van der Waals surface area contributed by atoms with E-state index in [4.69, 9.17) is 9.47 Å². The summed E-state index contributed by atoms with van der Waals surface area (Å²) in [6.45, 7) is 3.02. The largest absolute Gasteiger partial charge is 0.456 e. The van der Waals surface area contributed by atoms with Crippen LogP contribution in [0.5, 0.6) is 0 Å². The Hall–Kier alpha value is -1.67. The molecular weight excluding hydrogens is 484 g/mol. The van der Waals surface area contributed by atoms with E-state index < -0.39 is 0 Å². The van der Waals surface area contributed by atoms with Crippen LogP contribution in [0.4, 0.5) is 0 Å². The number of likely N-dealkylation sites (tertiary alicyclic amines) is 1. The zero-order valence-corrected chi connectivity index (χ0v) is 24.4. The van der Waals surface area contributed by atoms with Crippen molar-refractivity contribution in [2.24, 2.45) is 0 Å². The fraction of sp³-hybridized carbons (Fsp3) is 0.900. The Morgan fingerprint density at radius 2 is 1.37 bits per heavy atom. The number of amides is 2. The molecule has 0 aliphatic carbocycles. The third kappa shape index (κ3) is 17.0. The van der Waals surface area contributed by atoms with Gasteiger partial charge in [-0.15, -0.1) is 0 Å². The van der Waals surface area contributed by atoms with Gasteiger partial charge in [-0.2, -0.15) is 0 Å². The van der Waals surface area contributed by atoms with Gasteiger partial charge in [0.2, 0.25) is 5.91 Å². The van der Waals surface area contributed by atoms with E-state index in [9.17, 15) is 19.5 Å². The van der Waals surface area contributed by atoms with Gasteiger partial charge < -0.3 is 24.8 Å². The van der Waals surface area contributed by atoms with Gasteiger partial charge in [0.1, 0.15) is 0 Å². The third-order valence-electron chi connectivity index (χ3n) is 7.48. The highest BCUT2D eigenvalue weighted by Crippen LogP contribution is 2.21. The average molecular weight is 541 g/mol. The van der Waals surface area contributed by atoms with Crippen molar-refractivity contribution >= 4 is 17.8 Å². The van der Waals surface area contributed by atoms with Gasteiger partial charge in [-0.05, 0) is 25.7 Å². The Morgan fingerprint density at radius 3 is 1.95 bits per heavy atom. The predicted octanol–water partition coefficient (Wildman–Crippen LogP) is 5.30. The Balaban J connectivity index is 1.89. The van der Waals surface area contributed by atoms with Crippen molar-refractivity contribution in [2.75, 3.05) is 33.4 Å². The number of carbonyl (C=O) groups is 3. The van der Waals surface area contributed by atoms with Crippen molar-refractivity contribution in [3.63, 3.8) is 0 Å². The molecule has 222 valence electrons. The number of nitrogens with one attached hydrogen (secondary N) is 1. The van der Waals surface area contributed by atoms with Gasteiger partial charge in [0.05, 0.1) is 18.8 Å². The van der Waals surface area contributed by atoms with E-state index in [1.54, 1.807) is 12.0 Å². The topological polar surface area (TPSA) is 105 Å². The second kappa shape index (κ2) is 23.2. The molecule has 38 heavy (non-hydrogen) atoms. The summed E-state index contributed by atoms with van der Waals surface area (Å²) in [5.41, 5.74) is 0. The molecule has 2 atom stereocenters. The molecule has 1 fully saturated rings. The number of rotatable bonds is 24. The van der Waals surface area contributed by atoms with Crippen LogP contribution in [-0.2, 0) is 23.9 Å². The number of ether oxygens (including phenoxy) is 2. The summed E-state index contributed by atoms with van der Waals surface area (Å²) < 4.78 is 10.4. The van der Waals surface area contributed by atoms with Crippen molar-refractivity contribution < 1.29 is 29.0 Å². The van der Waals surface area contributed by atoms with E-state index in [0.29, 0.717) is 32.4 Å². The summed E-state index contributed by atoms with van der Waals surface area (Å²) in [7, 11) is 1.63. The molecule has 1 aliphatic rings. The summed E-state index contributed by atoms with van der Waals surface area (Å²) in [5, 5.41) is 12.2. The maximum Gasteiger partial charge on any atom is 0.306 e. The molecule has 8 heteroatoms. The van der Waals surface area contributed by atoms with E-state index in [-0.39, 0.29) is 43.1 Å². The fourth-order valence-corrected chi connectivity index (χ4v) is 5.03. The highest BCUT2D eigenvalue weighted by molar-refractivity contribution is 5.80. The van der Waals surface area contributed by atoms with Crippen molar-refractivity contribution in [1.29, 1.82) is 0 Å². The van der Waals surface area contributed by atoms with Gasteiger partial charge in [0.25, 0.3) is 5.91 Å². The Labute approximate surface area is 231 Å². The highest BCUT2D eigenvalue weighted by atomic mass is 16.5. The van der Waals surface area contributed by atoms with Gasteiger partial charge in [-0.25, -0.2) is 0 Å². The molecule has 8 nitrogen and oxygen atoms in total. The zero-order chi connectivity index (χ0) is 27.8. The van der Waals surface area contributed by atoms with Crippen LogP contribution in [-0.4, -0.2) is 73.3 Å². The predicted molar refractivity (Wildman–Crippen MR) is 151 cm³/mol. The molecule has 0 aromatic rings. The third-order valence-corrected chi connectivity index (χ3v) is 7.48. The molecule has 1 saturated heterocycles. The van der Waals surface area contributed by atoms with Crippen LogP contribution in [0.1, 0.15) is 129 Å². The van der Waals surface area contributed by atoms with Gasteiger partial charge in [0, 0.05) is 33.0 Å². The first-order chi connectivity index (χ1) is 18.5. The van der Waals surface area contributed by atoms with Crippen LogP contribution in [0, 0.1) is 0 Å². The maximum absolute atomic E-state index is 12.4.